The van der Waals surface area contributed by atoms with Crippen LogP contribution in [0.25, 0.3) is 0 Å². The van der Waals surface area contributed by atoms with Gasteiger partial charge in [0.05, 0.1) is 0 Å². The maximum atomic E-state index is 13.0. The Morgan fingerprint density at radius 3 is 2.54 bits per heavy atom. The number of likely N-dealkylation sites (tertiary alicyclic amines) is 1. The molecule has 6 nitrogen and oxygen atoms in total. The third-order valence-corrected chi connectivity index (χ3v) is 7.27. The minimum atomic E-state index is -0.199. The highest BCUT2D eigenvalue weighted by atomic mass is 16.2. The van der Waals surface area contributed by atoms with Crippen LogP contribution in [0.1, 0.15) is 56.9 Å². The topological polar surface area (TPSA) is 65.0 Å². The van der Waals surface area contributed by atoms with E-state index in [9.17, 15) is 9.59 Å². The van der Waals surface area contributed by atoms with Crippen LogP contribution in [0.3, 0.4) is 0 Å². The molecule has 35 heavy (non-hydrogen) atoms. The van der Waals surface area contributed by atoms with E-state index in [2.05, 4.69) is 33.4 Å². The number of fused-ring (bicyclic) bond motifs is 2. The normalized spacial score (nSPS) is 19.0. The summed E-state index contributed by atoms with van der Waals surface area (Å²) in [4.78, 5) is 33.5. The Hall–Kier alpha value is -3.77. The SMILES string of the molecule is O=C1N=CC(c2ccc(NC(=O)N3Cc4ccc(CN5CCCC5)cc4C3)cc2)c2ccccc21. The molecule has 1 saturated heterocycles. The van der Waals surface area contributed by atoms with Gasteiger partial charge in [0.2, 0.25) is 0 Å². The number of urea groups is 1. The van der Waals surface area contributed by atoms with Crippen LogP contribution in [-0.2, 0) is 19.6 Å². The predicted octanol–water partition coefficient (Wildman–Crippen LogP) is 5.19. The minimum Gasteiger partial charge on any atom is -0.316 e. The molecule has 3 aliphatic rings. The van der Waals surface area contributed by atoms with Crippen molar-refractivity contribution in [3.63, 3.8) is 0 Å². The van der Waals surface area contributed by atoms with Crippen LogP contribution >= 0.6 is 0 Å². The second-order valence-corrected chi connectivity index (χ2v) is 9.64. The van der Waals surface area contributed by atoms with Gasteiger partial charge in [-0.15, -0.1) is 0 Å². The third kappa shape index (κ3) is 4.37. The molecule has 176 valence electrons. The predicted molar refractivity (Wildman–Crippen MR) is 137 cm³/mol. The molecule has 6 rings (SSSR count). The molecule has 0 radical (unpaired) electrons. The third-order valence-electron chi connectivity index (χ3n) is 7.27. The van der Waals surface area contributed by atoms with Gasteiger partial charge in [0.25, 0.3) is 5.91 Å². The average Bonchev–Trinajstić information content (AvgIpc) is 3.55. The molecule has 6 heteroatoms. The molecule has 3 aromatic carbocycles. The molecule has 1 fully saturated rings. The molecule has 0 aliphatic carbocycles. The number of nitrogens with zero attached hydrogens (tertiary/aromatic N) is 3. The first kappa shape index (κ1) is 21.7. The van der Waals surface area contributed by atoms with Crippen molar-refractivity contribution < 1.29 is 9.59 Å². The fraction of sp³-hybridized carbons (Fsp3) is 0.276. The Kier molecular flexibility index (Phi) is 5.66. The van der Waals surface area contributed by atoms with Crippen LogP contribution in [0.5, 0.6) is 0 Å². The Labute approximate surface area is 205 Å². The number of hydrogen-bond acceptors (Lipinski definition) is 3. The molecular weight excluding hydrogens is 436 g/mol. The fourth-order valence-electron chi connectivity index (χ4n) is 5.39. The molecule has 3 heterocycles. The van der Waals surface area contributed by atoms with Gasteiger partial charge in [-0.1, -0.05) is 48.5 Å². The van der Waals surface area contributed by atoms with Crippen LogP contribution in [0.15, 0.2) is 71.7 Å². The summed E-state index contributed by atoms with van der Waals surface area (Å²) in [5, 5.41) is 3.04. The van der Waals surface area contributed by atoms with E-state index in [0.717, 1.165) is 23.4 Å². The van der Waals surface area contributed by atoms with E-state index in [1.165, 1.54) is 42.6 Å². The first-order valence-corrected chi connectivity index (χ1v) is 12.3. The van der Waals surface area contributed by atoms with Gasteiger partial charge in [0.15, 0.2) is 0 Å². The summed E-state index contributed by atoms with van der Waals surface area (Å²) < 4.78 is 0. The lowest BCUT2D eigenvalue weighted by Crippen LogP contribution is -2.30. The van der Waals surface area contributed by atoms with Gasteiger partial charge in [-0.3, -0.25) is 9.69 Å². The van der Waals surface area contributed by atoms with E-state index in [-0.39, 0.29) is 17.9 Å². The van der Waals surface area contributed by atoms with E-state index in [0.29, 0.717) is 18.7 Å². The number of aliphatic imine (C=N–C) groups is 1. The number of hydrogen-bond donors (Lipinski definition) is 1. The molecule has 0 saturated carbocycles. The van der Waals surface area contributed by atoms with Gasteiger partial charge in [0, 0.05) is 43.0 Å². The molecule has 3 aliphatic heterocycles. The summed E-state index contributed by atoms with van der Waals surface area (Å²) in [6.45, 7) is 4.63. The van der Waals surface area contributed by atoms with Crippen molar-refractivity contribution in [3.05, 3.63) is 100 Å². The molecule has 0 aromatic heterocycles. The number of nitrogens with one attached hydrogen (secondary N) is 1. The molecule has 1 N–H and O–H groups in total. The second kappa shape index (κ2) is 9.12. The van der Waals surface area contributed by atoms with Gasteiger partial charge >= 0.3 is 6.03 Å². The molecule has 3 aromatic rings. The first-order chi connectivity index (χ1) is 17.1. The highest BCUT2D eigenvalue weighted by Crippen LogP contribution is 2.31. The van der Waals surface area contributed by atoms with Gasteiger partial charge in [-0.2, -0.15) is 0 Å². The summed E-state index contributed by atoms with van der Waals surface area (Å²) in [5.41, 5.74) is 7.20. The smallest absolute Gasteiger partial charge is 0.316 e. The highest BCUT2D eigenvalue weighted by Gasteiger charge is 2.25. The van der Waals surface area contributed by atoms with Crippen LogP contribution in [0.2, 0.25) is 0 Å². The van der Waals surface area contributed by atoms with E-state index in [4.69, 9.17) is 0 Å². The van der Waals surface area contributed by atoms with E-state index >= 15 is 0 Å². The zero-order valence-corrected chi connectivity index (χ0v) is 19.6. The maximum Gasteiger partial charge on any atom is 0.322 e. The lowest BCUT2D eigenvalue weighted by Gasteiger charge is -2.20. The number of carbonyl (C=O) groups is 2. The second-order valence-electron chi connectivity index (χ2n) is 9.64. The Bertz CT molecular complexity index is 1310. The van der Waals surface area contributed by atoms with Crippen LogP contribution < -0.4 is 5.32 Å². The lowest BCUT2D eigenvalue weighted by molar-refractivity contribution is 0.1000. The maximum absolute atomic E-state index is 13.0. The van der Waals surface area contributed by atoms with Crippen LogP contribution in [-0.4, -0.2) is 41.0 Å². The molecule has 0 bridgehead atoms. The zero-order valence-electron chi connectivity index (χ0n) is 19.6. The first-order valence-electron chi connectivity index (χ1n) is 12.3. The van der Waals surface area contributed by atoms with Gasteiger partial charge in [-0.25, -0.2) is 9.79 Å². The molecule has 0 spiro atoms. The summed E-state index contributed by atoms with van der Waals surface area (Å²) >= 11 is 0. The molecule has 1 atom stereocenters. The van der Waals surface area contributed by atoms with Crippen molar-refractivity contribution >= 4 is 23.8 Å². The van der Waals surface area contributed by atoms with Crippen LogP contribution in [0.4, 0.5) is 10.5 Å². The van der Waals surface area contributed by atoms with Crippen molar-refractivity contribution in [1.29, 1.82) is 0 Å². The Balaban J connectivity index is 1.11. The zero-order chi connectivity index (χ0) is 23.8. The monoisotopic (exact) mass is 464 g/mol. The quantitative estimate of drug-likeness (QED) is 0.578. The van der Waals surface area contributed by atoms with Gasteiger partial charge < -0.3 is 10.2 Å². The number of benzene rings is 3. The van der Waals surface area contributed by atoms with Crippen molar-refractivity contribution in [2.24, 2.45) is 4.99 Å². The number of amides is 3. The van der Waals surface area contributed by atoms with E-state index in [1.807, 2.05) is 53.4 Å². The van der Waals surface area contributed by atoms with E-state index in [1.54, 1.807) is 6.21 Å². The van der Waals surface area contributed by atoms with Gasteiger partial charge in [-0.05, 0) is 71.9 Å². The van der Waals surface area contributed by atoms with Gasteiger partial charge in [0.1, 0.15) is 0 Å². The van der Waals surface area contributed by atoms with Crippen molar-refractivity contribution in [1.82, 2.24) is 9.80 Å². The standard InChI is InChI=1S/C29H28N4O2/c34-28-26-6-2-1-5-25(26)27(16-30-28)21-9-11-24(12-10-21)31-29(35)33-18-22-8-7-20(15-23(22)19-33)17-32-13-3-4-14-32/h1-2,5-12,15-16,27H,3-4,13-14,17-19H2,(H,31,35). The summed E-state index contributed by atoms with van der Waals surface area (Å²) in [5.74, 6) is -0.271. The number of anilines is 1. The molecule has 3 amide bonds. The fourth-order valence-corrected chi connectivity index (χ4v) is 5.39. The van der Waals surface area contributed by atoms with Crippen molar-refractivity contribution in [3.8, 4) is 0 Å². The summed E-state index contributed by atoms with van der Waals surface area (Å²) in [6, 6.07) is 22.0. The van der Waals surface area contributed by atoms with Crippen LogP contribution in [0, 0.1) is 0 Å². The Morgan fingerprint density at radius 1 is 0.943 bits per heavy atom. The largest absolute Gasteiger partial charge is 0.322 e. The highest BCUT2D eigenvalue weighted by molar-refractivity contribution is 6.05. The van der Waals surface area contributed by atoms with Crippen molar-refractivity contribution in [2.75, 3.05) is 18.4 Å². The van der Waals surface area contributed by atoms with Crippen molar-refractivity contribution in [2.45, 2.75) is 38.4 Å². The number of carbonyl (C=O) groups excluding carboxylic acids is 2. The molecular formula is C29H28N4O2. The summed E-state index contributed by atoms with van der Waals surface area (Å²) in [7, 11) is 0. The average molecular weight is 465 g/mol. The summed E-state index contributed by atoms with van der Waals surface area (Å²) in [6.07, 6.45) is 4.29. The number of rotatable bonds is 4. The Morgan fingerprint density at radius 2 is 1.71 bits per heavy atom. The molecule has 1 unspecified atom stereocenters. The van der Waals surface area contributed by atoms with E-state index < -0.39 is 0 Å². The lowest BCUT2D eigenvalue weighted by atomic mass is 9.87. The minimum absolute atomic E-state index is 0.0727.